The van der Waals surface area contributed by atoms with Crippen LogP contribution >= 0.6 is 0 Å². The Morgan fingerprint density at radius 1 is 1.06 bits per heavy atom. The summed E-state index contributed by atoms with van der Waals surface area (Å²) in [5.74, 6) is 0.581. The van der Waals surface area contributed by atoms with E-state index in [2.05, 4.69) is 55.8 Å². The lowest BCUT2D eigenvalue weighted by Crippen LogP contribution is -2.38. The molecule has 1 unspecified atom stereocenters. The lowest BCUT2D eigenvalue weighted by atomic mass is 9.79. The van der Waals surface area contributed by atoms with Gasteiger partial charge < -0.3 is 14.6 Å². The normalized spacial score (nSPS) is 15.9. The molecule has 0 amide bonds. The van der Waals surface area contributed by atoms with Crippen molar-refractivity contribution in [1.29, 1.82) is 0 Å². The van der Waals surface area contributed by atoms with Crippen molar-refractivity contribution >= 4 is 10.9 Å². The summed E-state index contributed by atoms with van der Waals surface area (Å²) < 4.78 is 9.97. The van der Waals surface area contributed by atoms with E-state index in [0.717, 1.165) is 30.8 Å². The van der Waals surface area contributed by atoms with Crippen molar-refractivity contribution in [3.63, 3.8) is 0 Å². The number of aromatic nitrogens is 2. The first-order chi connectivity index (χ1) is 16.4. The first-order valence-electron chi connectivity index (χ1n) is 12.1. The molecule has 0 saturated carbocycles. The number of nitrogens with zero attached hydrogens (tertiary/aromatic N) is 2. The van der Waals surface area contributed by atoms with Crippen molar-refractivity contribution in [2.75, 3.05) is 6.54 Å². The minimum Gasteiger partial charge on any atom is -0.489 e. The van der Waals surface area contributed by atoms with E-state index in [9.17, 15) is 4.79 Å². The maximum Gasteiger partial charge on any atom is 0.258 e. The first-order valence-corrected chi connectivity index (χ1v) is 12.1. The third-order valence-electron chi connectivity index (χ3n) is 6.80. The molecule has 176 valence electrons. The second-order valence-electron chi connectivity index (χ2n) is 10.2. The molecule has 0 bridgehead atoms. The van der Waals surface area contributed by atoms with Crippen molar-refractivity contribution in [3.05, 3.63) is 94.0 Å². The van der Waals surface area contributed by atoms with Crippen LogP contribution in [0.1, 0.15) is 50.6 Å². The van der Waals surface area contributed by atoms with Gasteiger partial charge in [0.05, 0.1) is 11.2 Å². The zero-order valence-electron chi connectivity index (χ0n) is 20.5. The second kappa shape index (κ2) is 8.80. The predicted octanol–water partition coefficient (Wildman–Crippen LogP) is 5.62. The molecule has 2 aromatic heterocycles. The number of benzene rings is 2. The summed E-state index contributed by atoms with van der Waals surface area (Å²) in [7, 11) is 0. The largest absolute Gasteiger partial charge is 0.489 e. The maximum absolute atomic E-state index is 13.0. The van der Waals surface area contributed by atoms with Gasteiger partial charge in [-0.05, 0) is 41.7 Å². The van der Waals surface area contributed by atoms with E-state index in [-0.39, 0.29) is 11.0 Å². The van der Waals surface area contributed by atoms with Crippen LogP contribution < -0.4 is 15.6 Å². The number of fused-ring (bicyclic) bond motifs is 3. The number of ether oxygens (including phenoxy) is 1. The molecule has 0 aliphatic carbocycles. The van der Waals surface area contributed by atoms with Crippen LogP contribution in [0.15, 0.2) is 71.7 Å². The average molecular weight is 456 g/mol. The van der Waals surface area contributed by atoms with E-state index >= 15 is 0 Å². The van der Waals surface area contributed by atoms with Crippen LogP contribution in [-0.4, -0.2) is 15.7 Å². The van der Waals surface area contributed by atoms with E-state index in [1.54, 1.807) is 10.6 Å². The molecule has 1 aliphatic rings. The Labute approximate surface area is 201 Å². The zero-order chi connectivity index (χ0) is 23.9. The Morgan fingerprint density at radius 2 is 1.85 bits per heavy atom. The molecule has 0 fully saturated rings. The van der Waals surface area contributed by atoms with Crippen molar-refractivity contribution < 1.29 is 4.74 Å². The van der Waals surface area contributed by atoms with Gasteiger partial charge in [-0.15, -0.1) is 0 Å². The highest BCUT2D eigenvalue weighted by Gasteiger charge is 2.34. The molecular weight excluding hydrogens is 422 g/mol. The fourth-order valence-electron chi connectivity index (χ4n) is 5.20. The zero-order valence-corrected chi connectivity index (χ0v) is 20.5. The van der Waals surface area contributed by atoms with Gasteiger partial charge in [0.2, 0.25) is 0 Å². The standard InChI is InChI=1S/C29H33N3O2/c1-5-31-24-13-15-30-28(29(2,3)4)27(24)23-12-11-21(17-25(23)31)32-16-14-22(18-26(32)33)34-19-20-9-7-6-8-10-20/h6-12,14,16-18,28,30H,5,13,15,19H2,1-4H3. The summed E-state index contributed by atoms with van der Waals surface area (Å²) in [6, 6.07) is 20.1. The van der Waals surface area contributed by atoms with Gasteiger partial charge in [-0.25, -0.2) is 0 Å². The smallest absolute Gasteiger partial charge is 0.258 e. The van der Waals surface area contributed by atoms with E-state index < -0.39 is 0 Å². The highest BCUT2D eigenvalue weighted by Crippen LogP contribution is 2.42. The van der Waals surface area contributed by atoms with Gasteiger partial charge in [0.25, 0.3) is 5.56 Å². The van der Waals surface area contributed by atoms with E-state index in [1.807, 2.05) is 42.6 Å². The van der Waals surface area contributed by atoms with E-state index in [1.165, 1.54) is 22.2 Å². The summed E-state index contributed by atoms with van der Waals surface area (Å²) in [5, 5.41) is 5.03. The Hall–Kier alpha value is -3.31. The van der Waals surface area contributed by atoms with Gasteiger partial charge in [-0.3, -0.25) is 9.36 Å². The summed E-state index contributed by atoms with van der Waals surface area (Å²) in [6.07, 6.45) is 2.83. The monoisotopic (exact) mass is 455 g/mol. The molecular formula is C29H33N3O2. The van der Waals surface area contributed by atoms with Crippen LogP contribution in [0.25, 0.3) is 16.6 Å². The molecule has 5 rings (SSSR count). The van der Waals surface area contributed by atoms with Crippen LogP contribution in [0.3, 0.4) is 0 Å². The van der Waals surface area contributed by atoms with Crippen LogP contribution in [0, 0.1) is 5.41 Å². The lowest BCUT2D eigenvalue weighted by molar-refractivity contribution is 0.263. The Kier molecular flexibility index (Phi) is 5.82. The lowest BCUT2D eigenvalue weighted by Gasteiger charge is -2.36. The number of hydrogen-bond donors (Lipinski definition) is 1. The number of hydrogen-bond acceptors (Lipinski definition) is 3. The second-order valence-corrected chi connectivity index (χ2v) is 10.2. The third kappa shape index (κ3) is 4.05. The fourth-order valence-corrected chi connectivity index (χ4v) is 5.20. The van der Waals surface area contributed by atoms with Gasteiger partial charge >= 0.3 is 0 Å². The molecule has 1 aliphatic heterocycles. The predicted molar refractivity (Wildman–Crippen MR) is 138 cm³/mol. The Morgan fingerprint density at radius 3 is 2.56 bits per heavy atom. The molecule has 1 N–H and O–H groups in total. The fraction of sp³-hybridized carbons (Fsp3) is 0.345. The quantitative estimate of drug-likeness (QED) is 0.425. The topological polar surface area (TPSA) is 48.2 Å². The number of nitrogens with one attached hydrogen (secondary N) is 1. The molecule has 34 heavy (non-hydrogen) atoms. The highest BCUT2D eigenvalue weighted by atomic mass is 16.5. The van der Waals surface area contributed by atoms with Crippen molar-refractivity contribution in [2.45, 2.75) is 53.3 Å². The van der Waals surface area contributed by atoms with Crippen LogP contribution in [0.4, 0.5) is 0 Å². The number of rotatable bonds is 5. The van der Waals surface area contributed by atoms with Crippen molar-refractivity contribution in [3.8, 4) is 11.4 Å². The first kappa shape index (κ1) is 22.5. The van der Waals surface area contributed by atoms with Crippen LogP contribution in [-0.2, 0) is 19.6 Å². The molecule has 2 aromatic carbocycles. The maximum atomic E-state index is 13.0. The molecule has 0 radical (unpaired) electrons. The molecule has 3 heterocycles. The number of pyridine rings is 1. The van der Waals surface area contributed by atoms with Crippen LogP contribution in [0.5, 0.6) is 5.75 Å². The summed E-state index contributed by atoms with van der Waals surface area (Å²) in [6.45, 7) is 11.4. The molecule has 5 heteroatoms. The van der Waals surface area contributed by atoms with Crippen molar-refractivity contribution in [2.24, 2.45) is 5.41 Å². The minimum atomic E-state index is -0.0986. The third-order valence-corrected chi connectivity index (χ3v) is 6.80. The average Bonchev–Trinajstić information content (AvgIpc) is 3.15. The molecule has 4 aromatic rings. The molecule has 0 saturated heterocycles. The van der Waals surface area contributed by atoms with Gasteiger partial charge in [-0.2, -0.15) is 0 Å². The molecule has 0 spiro atoms. The van der Waals surface area contributed by atoms with Crippen LogP contribution in [0.2, 0.25) is 0 Å². The van der Waals surface area contributed by atoms with Gasteiger partial charge in [-0.1, -0.05) is 57.2 Å². The highest BCUT2D eigenvalue weighted by molar-refractivity contribution is 5.88. The minimum absolute atomic E-state index is 0.0986. The van der Waals surface area contributed by atoms with Gasteiger partial charge in [0.1, 0.15) is 12.4 Å². The van der Waals surface area contributed by atoms with Gasteiger partial charge in [0.15, 0.2) is 0 Å². The molecule has 5 nitrogen and oxygen atoms in total. The number of aryl methyl sites for hydroxylation is 1. The summed E-state index contributed by atoms with van der Waals surface area (Å²) in [5.41, 5.74) is 6.00. The summed E-state index contributed by atoms with van der Waals surface area (Å²) in [4.78, 5) is 13.0. The summed E-state index contributed by atoms with van der Waals surface area (Å²) >= 11 is 0. The molecule has 1 atom stereocenters. The Bertz CT molecular complexity index is 1380. The van der Waals surface area contributed by atoms with Gasteiger partial charge in [0, 0.05) is 48.9 Å². The van der Waals surface area contributed by atoms with E-state index in [0.29, 0.717) is 18.4 Å². The van der Waals surface area contributed by atoms with Crippen molar-refractivity contribution in [1.82, 2.24) is 14.5 Å². The SMILES string of the molecule is CCn1c2c(c3ccc(-n4ccc(OCc5ccccc5)cc4=O)cc31)C(C(C)(C)C)NCC2. The Balaban J connectivity index is 1.51. The van der Waals surface area contributed by atoms with E-state index in [4.69, 9.17) is 4.74 Å².